The lowest BCUT2D eigenvalue weighted by atomic mass is 9.78. The second kappa shape index (κ2) is 4.86. The molecule has 6 heteroatoms. The predicted molar refractivity (Wildman–Crippen MR) is 78.1 cm³/mol. The first-order chi connectivity index (χ1) is 9.18. The van der Waals surface area contributed by atoms with Crippen LogP contribution in [0.4, 0.5) is 0 Å². The van der Waals surface area contributed by atoms with Crippen molar-refractivity contribution < 1.29 is 14.1 Å². The number of aromatic nitrogens is 1. The highest BCUT2D eigenvalue weighted by Gasteiger charge is 2.52. The molecule has 0 aliphatic carbocycles. The van der Waals surface area contributed by atoms with E-state index in [0.717, 1.165) is 11.2 Å². The molecule has 0 atom stereocenters. The van der Waals surface area contributed by atoms with Crippen LogP contribution in [0.25, 0.3) is 0 Å². The number of carbonyl (C=O) groups excluding carboxylic acids is 1. The minimum Gasteiger partial charge on any atom is -0.399 e. The van der Waals surface area contributed by atoms with Gasteiger partial charge >= 0.3 is 7.12 Å². The van der Waals surface area contributed by atoms with Crippen molar-refractivity contribution in [3.8, 4) is 0 Å². The smallest absolute Gasteiger partial charge is 0.399 e. The molecule has 1 amide bonds. The molecule has 1 aliphatic rings. The molecule has 0 saturated carbocycles. The average molecular weight is 276 g/mol. The van der Waals surface area contributed by atoms with E-state index in [-0.39, 0.29) is 17.1 Å². The molecular weight excluding hydrogens is 255 g/mol. The van der Waals surface area contributed by atoms with Gasteiger partial charge in [-0.1, -0.05) is 6.07 Å². The van der Waals surface area contributed by atoms with Crippen LogP contribution in [0.15, 0.2) is 12.1 Å². The summed E-state index contributed by atoms with van der Waals surface area (Å²) in [6.07, 6.45) is 0. The fourth-order valence-corrected chi connectivity index (χ4v) is 2.05. The third kappa shape index (κ3) is 2.45. The van der Waals surface area contributed by atoms with Gasteiger partial charge in [-0.2, -0.15) is 0 Å². The second-order valence-corrected chi connectivity index (χ2v) is 6.04. The van der Waals surface area contributed by atoms with Crippen LogP contribution in [-0.2, 0) is 9.31 Å². The normalized spacial score (nSPS) is 20.0. The monoisotopic (exact) mass is 276 g/mol. The highest BCUT2D eigenvalue weighted by Crippen LogP contribution is 2.36. The molecular formula is C14H21BN2O3. The Morgan fingerprint density at radius 2 is 1.75 bits per heavy atom. The third-order valence-corrected chi connectivity index (χ3v) is 4.09. The first kappa shape index (κ1) is 15.0. The molecule has 2 rings (SSSR count). The van der Waals surface area contributed by atoms with E-state index in [1.807, 2.05) is 40.7 Å². The summed E-state index contributed by atoms with van der Waals surface area (Å²) in [6.45, 7) is 9.89. The van der Waals surface area contributed by atoms with Crippen LogP contribution in [0.2, 0.25) is 0 Å². The summed E-state index contributed by atoms with van der Waals surface area (Å²) in [5.41, 5.74) is 1.22. The molecule has 0 aromatic carbocycles. The van der Waals surface area contributed by atoms with E-state index in [9.17, 15) is 4.79 Å². The van der Waals surface area contributed by atoms with Gasteiger partial charge in [0.05, 0.1) is 11.2 Å². The summed E-state index contributed by atoms with van der Waals surface area (Å²) in [5, 5.41) is 2.56. The fourth-order valence-electron chi connectivity index (χ4n) is 2.05. The van der Waals surface area contributed by atoms with Gasteiger partial charge in [0.1, 0.15) is 5.69 Å². The standard InChI is InChI=1S/C14H21BN2O3/c1-9-10(7-8-11(17-9)12(18)16-6)15-19-13(2,3)14(4,5)20-15/h7-8H,1-6H3,(H,16,18). The Hall–Kier alpha value is -1.40. The number of amides is 1. The zero-order valence-corrected chi connectivity index (χ0v) is 12.9. The van der Waals surface area contributed by atoms with Gasteiger partial charge in [0.15, 0.2) is 0 Å². The molecule has 0 radical (unpaired) electrons. The van der Waals surface area contributed by atoms with Crippen molar-refractivity contribution in [3.05, 3.63) is 23.5 Å². The Balaban J connectivity index is 2.30. The SMILES string of the molecule is CNC(=O)c1ccc(B2OC(C)(C)C(C)(C)O2)c(C)n1. The van der Waals surface area contributed by atoms with Gasteiger partial charge in [-0.15, -0.1) is 0 Å². The molecule has 20 heavy (non-hydrogen) atoms. The summed E-state index contributed by atoms with van der Waals surface area (Å²) in [6, 6.07) is 3.53. The zero-order valence-electron chi connectivity index (χ0n) is 12.9. The molecule has 1 N–H and O–H groups in total. The summed E-state index contributed by atoms with van der Waals surface area (Å²) >= 11 is 0. The Morgan fingerprint density at radius 1 is 1.20 bits per heavy atom. The van der Waals surface area contributed by atoms with Crippen molar-refractivity contribution in [3.63, 3.8) is 0 Å². The van der Waals surface area contributed by atoms with Gasteiger partial charge in [-0.05, 0) is 40.7 Å². The first-order valence-electron chi connectivity index (χ1n) is 6.73. The molecule has 1 aromatic heterocycles. The maximum atomic E-state index is 11.6. The minimum absolute atomic E-state index is 0.200. The van der Waals surface area contributed by atoms with E-state index in [2.05, 4.69) is 10.3 Å². The van der Waals surface area contributed by atoms with Crippen LogP contribution < -0.4 is 10.8 Å². The Kier molecular flexibility index (Phi) is 3.65. The van der Waals surface area contributed by atoms with E-state index in [4.69, 9.17) is 9.31 Å². The topological polar surface area (TPSA) is 60.5 Å². The van der Waals surface area contributed by atoms with Crippen molar-refractivity contribution in [2.45, 2.75) is 45.8 Å². The number of aryl methyl sites for hydroxylation is 1. The lowest BCUT2D eigenvalue weighted by Crippen LogP contribution is -2.41. The molecule has 2 heterocycles. The Morgan fingerprint density at radius 3 is 2.20 bits per heavy atom. The van der Waals surface area contributed by atoms with Gasteiger partial charge in [0.2, 0.25) is 0 Å². The van der Waals surface area contributed by atoms with Crippen LogP contribution in [0.3, 0.4) is 0 Å². The van der Waals surface area contributed by atoms with E-state index in [0.29, 0.717) is 5.69 Å². The molecule has 5 nitrogen and oxygen atoms in total. The molecule has 1 saturated heterocycles. The number of nitrogens with zero attached hydrogens (tertiary/aromatic N) is 1. The minimum atomic E-state index is -0.453. The molecule has 0 bridgehead atoms. The Bertz CT molecular complexity index is 527. The Labute approximate surface area is 120 Å². The highest BCUT2D eigenvalue weighted by atomic mass is 16.7. The van der Waals surface area contributed by atoms with Crippen LogP contribution in [0.5, 0.6) is 0 Å². The number of hydrogen-bond acceptors (Lipinski definition) is 4. The van der Waals surface area contributed by atoms with Gasteiger partial charge in [0, 0.05) is 18.2 Å². The van der Waals surface area contributed by atoms with Crippen molar-refractivity contribution >= 4 is 18.5 Å². The number of hydrogen-bond donors (Lipinski definition) is 1. The van der Waals surface area contributed by atoms with Crippen LogP contribution in [-0.4, -0.2) is 36.3 Å². The lowest BCUT2D eigenvalue weighted by molar-refractivity contribution is 0.00578. The molecule has 1 aromatic rings. The van der Waals surface area contributed by atoms with Gasteiger partial charge in [-0.3, -0.25) is 4.79 Å². The number of nitrogens with one attached hydrogen (secondary N) is 1. The number of carbonyl (C=O) groups is 1. The maximum Gasteiger partial charge on any atom is 0.496 e. The quantitative estimate of drug-likeness (QED) is 0.820. The number of pyridine rings is 1. The first-order valence-corrected chi connectivity index (χ1v) is 6.73. The zero-order chi connectivity index (χ0) is 15.1. The predicted octanol–water partition coefficient (Wildman–Crippen LogP) is 1.05. The van der Waals surface area contributed by atoms with Crippen molar-refractivity contribution in [2.24, 2.45) is 0 Å². The fraction of sp³-hybridized carbons (Fsp3) is 0.571. The average Bonchev–Trinajstić information content (AvgIpc) is 2.57. The molecule has 0 spiro atoms. The van der Waals surface area contributed by atoms with Gasteiger partial charge < -0.3 is 14.6 Å². The largest absolute Gasteiger partial charge is 0.496 e. The summed E-state index contributed by atoms with van der Waals surface area (Å²) < 4.78 is 12.0. The third-order valence-electron chi connectivity index (χ3n) is 4.09. The van der Waals surface area contributed by atoms with Crippen molar-refractivity contribution in [1.82, 2.24) is 10.3 Å². The van der Waals surface area contributed by atoms with Crippen molar-refractivity contribution in [1.29, 1.82) is 0 Å². The van der Waals surface area contributed by atoms with Crippen molar-refractivity contribution in [2.75, 3.05) is 7.05 Å². The van der Waals surface area contributed by atoms with Crippen LogP contribution in [0, 0.1) is 6.92 Å². The summed E-state index contributed by atoms with van der Waals surface area (Å²) in [4.78, 5) is 15.9. The van der Waals surface area contributed by atoms with Crippen LogP contribution in [0.1, 0.15) is 43.9 Å². The van der Waals surface area contributed by atoms with Gasteiger partial charge in [0.25, 0.3) is 5.91 Å². The van der Waals surface area contributed by atoms with E-state index in [1.165, 1.54) is 0 Å². The van der Waals surface area contributed by atoms with Gasteiger partial charge in [-0.25, -0.2) is 4.98 Å². The molecule has 108 valence electrons. The molecule has 1 fully saturated rings. The summed E-state index contributed by atoms with van der Waals surface area (Å²) in [7, 11) is 1.13. The highest BCUT2D eigenvalue weighted by molar-refractivity contribution is 6.62. The second-order valence-electron chi connectivity index (χ2n) is 6.04. The van der Waals surface area contributed by atoms with E-state index in [1.54, 1.807) is 13.1 Å². The maximum absolute atomic E-state index is 11.6. The number of rotatable bonds is 2. The molecule has 1 aliphatic heterocycles. The summed E-state index contributed by atoms with van der Waals surface area (Å²) in [5.74, 6) is -0.200. The van der Waals surface area contributed by atoms with E-state index >= 15 is 0 Å². The lowest BCUT2D eigenvalue weighted by Gasteiger charge is -2.32. The van der Waals surface area contributed by atoms with E-state index < -0.39 is 7.12 Å². The van der Waals surface area contributed by atoms with Crippen LogP contribution >= 0.6 is 0 Å². The molecule has 0 unspecified atom stereocenters.